The molecule has 0 saturated carbocycles. The first-order valence-corrected chi connectivity index (χ1v) is 4.13. The zero-order chi connectivity index (χ0) is 6.41. The molecule has 0 aromatic heterocycles. The van der Waals surface area contributed by atoms with E-state index in [1.54, 1.807) is 11.8 Å². The van der Waals surface area contributed by atoms with E-state index in [1.807, 2.05) is 0 Å². The Morgan fingerprint density at radius 3 is 2.75 bits per heavy atom. The highest BCUT2D eigenvalue weighted by atomic mass is 32.2. The van der Waals surface area contributed by atoms with Crippen molar-refractivity contribution in [1.29, 1.82) is 0 Å². The van der Waals surface area contributed by atoms with Crippen molar-refractivity contribution in [3.8, 4) is 0 Å². The second-order valence-corrected chi connectivity index (χ2v) is 2.64. The normalized spacial score (nSPS) is 13.9. The molecule has 0 rings (SSSR count). The predicted molar refractivity (Wildman–Crippen MR) is 40.0 cm³/mol. The summed E-state index contributed by atoms with van der Waals surface area (Å²) in [4.78, 5) is 0. The molecule has 0 radical (unpaired) electrons. The van der Waals surface area contributed by atoms with Crippen LogP contribution in [0.1, 0.15) is 6.92 Å². The highest BCUT2D eigenvalue weighted by Crippen LogP contribution is 1.86. The van der Waals surface area contributed by atoms with E-state index in [2.05, 4.69) is 18.5 Å². The van der Waals surface area contributed by atoms with Crippen LogP contribution < -0.4 is 11.1 Å². The monoisotopic (exact) mass is 134 g/mol. The molecule has 0 saturated heterocycles. The Hall–Kier alpha value is 0.270. The maximum Gasteiger partial charge on any atom is 0.0417 e. The van der Waals surface area contributed by atoms with Crippen LogP contribution in [0.15, 0.2) is 0 Å². The van der Waals surface area contributed by atoms with Crippen LogP contribution in [0.25, 0.3) is 0 Å². The smallest absolute Gasteiger partial charge is 0.0417 e. The van der Waals surface area contributed by atoms with Gasteiger partial charge in [-0.25, -0.2) is 0 Å². The summed E-state index contributed by atoms with van der Waals surface area (Å²) in [5.74, 6) is 0.998. The van der Waals surface area contributed by atoms with Crippen molar-refractivity contribution in [1.82, 2.24) is 5.32 Å². The lowest BCUT2D eigenvalue weighted by Crippen LogP contribution is -2.32. The lowest BCUT2D eigenvalue weighted by molar-refractivity contribution is 0.611. The molecule has 0 amide bonds. The quantitative estimate of drug-likeness (QED) is 0.541. The van der Waals surface area contributed by atoms with Crippen molar-refractivity contribution < 1.29 is 0 Å². The predicted octanol–water partition coefficient (Wildman–Crippen LogP) is 0.244. The lowest BCUT2D eigenvalue weighted by atomic mass is 10.4. The number of hydrogen-bond donors (Lipinski definition) is 2. The van der Waals surface area contributed by atoms with Crippen LogP contribution >= 0.6 is 11.8 Å². The van der Waals surface area contributed by atoms with Crippen molar-refractivity contribution in [2.24, 2.45) is 5.73 Å². The molecule has 0 aliphatic rings. The summed E-state index contributed by atoms with van der Waals surface area (Å²) in [6.45, 7) is 2.80. The van der Waals surface area contributed by atoms with E-state index in [0.29, 0.717) is 6.04 Å². The standard InChI is InChI=1S/C5H14N2S/c1-5(3-6)7-4-8-2/h5,7H,3-4,6H2,1-2H3. The van der Waals surface area contributed by atoms with E-state index >= 15 is 0 Å². The first kappa shape index (κ1) is 8.27. The van der Waals surface area contributed by atoms with E-state index < -0.39 is 0 Å². The molecule has 0 aliphatic heterocycles. The minimum atomic E-state index is 0.461. The average molecular weight is 134 g/mol. The van der Waals surface area contributed by atoms with Crippen molar-refractivity contribution in [3.05, 3.63) is 0 Å². The number of rotatable bonds is 4. The van der Waals surface area contributed by atoms with Crippen LogP contribution in [0, 0.1) is 0 Å². The maximum atomic E-state index is 5.34. The summed E-state index contributed by atoms with van der Waals surface area (Å²) < 4.78 is 0. The molecule has 3 heteroatoms. The van der Waals surface area contributed by atoms with Gasteiger partial charge in [0.1, 0.15) is 0 Å². The fourth-order valence-electron chi connectivity index (χ4n) is 0.309. The summed E-state index contributed by atoms with van der Waals surface area (Å²) in [6, 6.07) is 0.461. The Bertz CT molecular complexity index is 49.7. The molecular formula is C5H14N2S. The lowest BCUT2D eigenvalue weighted by Gasteiger charge is -2.07. The van der Waals surface area contributed by atoms with Crippen LogP contribution in [0.5, 0.6) is 0 Å². The third-order valence-corrected chi connectivity index (χ3v) is 1.39. The van der Waals surface area contributed by atoms with Gasteiger partial charge in [-0.05, 0) is 13.2 Å². The van der Waals surface area contributed by atoms with Crippen molar-refractivity contribution in [2.45, 2.75) is 13.0 Å². The van der Waals surface area contributed by atoms with E-state index in [4.69, 9.17) is 5.73 Å². The zero-order valence-electron chi connectivity index (χ0n) is 5.48. The molecule has 1 unspecified atom stereocenters. The van der Waals surface area contributed by atoms with E-state index in [0.717, 1.165) is 12.4 Å². The van der Waals surface area contributed by atoms with E-state index in [1.165, 1.54) is 0 Å². The third-order valence-electron chi connectivity index (χ3n) is 0.930. The molecule has 50 valence electrons. The SMILES string of the molecule is CSCNC(C)CN. The first-order chi connectivity index (χ1) is 3.81. The molecule has 0 fully saturated rings. The van der Waals surface area contributed by atoms with E-state index in [-0.39, 0.29) is 0 Å². The number of hydrogen-bond acceptors (Lipinski definition) is 3. The van der Waals surface area contributed by atoms with Gasteiger partial charge in [0.2, 0.25) is 0 Å². The number of nitrogens with one attached hydrogen (secondary N) is 1. The summed E-state index contributed by atoms with van der Waals surface area (Å²) in [5, 5.41) is 3.22. The second-order valence-electron chi connectivity index (χ2n) is 1.77. The minimum Gasteiger partial charge on any atom is -0.329 e. The van der Waals surface area contributed by atoms with Gasteiger partial charge < -0.3 is 11.1 Å². The topological polar surface area (TPSA) is 38.0 Å². The van der Waals surface area contributed by atoms with Crippen LogP contribution in [0.3, 0.4) is 0 Å². The third kappa shape index (κ3) is 4.43. The molecule has 0 aromatic rings. The van der Waals surface area contributed by atoms with Gasteiger partial charge in [0.15, 0.2) is 0 Å². The summed E-state index contributed by atoms with van der Waals surface area (Å²) in [5.41, 5.74) is 5.34. The molecule has 0 aromatic carbocycles. The summed E-state index contributed by atoms with van der Waals surface area (Å²) in [6.07, 6.45) is 2.07. The zero-order valence-corrected chi connectivity index (χ0v) is 6.29. The van der Waals surface area contributed by atoms with Crippen LogP contribution in [0.4, 0.5) is 0 Å². The van der Waals surface area contributed by atoms with Gasteiger partial charge in [-0.1, -0.05) is 0 Å². The summed E-state index contributed by atoms with van der Waals surface area (Å²) >= 11 is 1.78. The number of nitrogens with two attached hydrogens (primary N) is 1. The van der Waals surface area contributed by atoms with Crippen molar-refractivity contribution >= 4 is 11.8 Å². The minimum absolute atomic E-state index is 0.461. The van der Waals surface area contributed by atoms with Crippen molar-refractivity contribution in [3.63, 3.8) is 0 Å². The fraction of sp³-hybridized carbons (Fsp3) is 1.00. The largest absolute Gasteiger partial charge is 0.329 e. The molecule has 3 N–H and O–H groups in total. The second kappa shape index (κ2) is 5.41. The molecular weight excluding hydrogens is 120 g/mol. The van der Waals surface area contributed by atoms with Gasteiger partial charge in [0.05, 0.1) is 0 Å². The first-order valence-electron chi connectivity index (χ1n) is 2.73. The van der Waals surface area contributed by atoms with Crippen molar-refractivity contribution in [2.75, 3.05) is 18.7 Å². The Labute approximate surface area is 55.2 Å². The van der Waals surface area contributed by atoms with Gasteiger partial charge in [0, 0.05) is 18.5 Å². The number of thioether (sulfide) groups is 1. The Kier molecular flexibility index (Phi) is 5.59. The fourth-order valence-corrected chi connectivity index (χ4v) is 0.760. The van der Waals surface area contributed by atoms with Gasteiger partial charge >= 0.3 is 0 Å². The average Bonchev–Trinajstić information content (AvgIpc) is 1.83. The molecule has 0 bridgehead atoms. The molecule has 0 aliphatic carbocycles. The molecule has 2 nitrogen and oxygen atoms in total. The summed E-state index contributed by atoms with van der Waals surface area (Å²) in [7, 11) is 0. The highest BCUT2D eigenvalue weighted by molar-refractivity contribution is 7.98. The van der Waals surface area contributed by atoms with Crippen LogP contribution in [0.2, 0.25) is 0 Å². The molecule has 0 spiro atoms. The highest BCUT2D eigenvalue weighted by Gasteiger charge is 1.92. The maximum absolute atomic E-state index is 5.34. The van der Waals surface area contributed by atoms with Crippen LogP contribution in [-0.4, -0.2) is 24.7 Å². The Morgan fingerprint density at radius 1 is 1.75 bits per heavy atom. The molecule has 0 heterocycles. The molecule has 1 atom stereocenters. The Morgan fingerprint density at radius 2 is 2.38 bits per heavy atom. The van der Waals surface area contributed by atoms with Gasteiger partial charge in [0.25, 0.3) is 0 Å². The van der Waals surface area contributed by atoms with E-state index in [9.17, 15) is 0 Å². The molecule has 8 heavy (non-hydrogen) atoms. The van der Waals surface area contributed by atoms with Crippen LogP contribution in [-0.2, 0) is 0 Å². The van der Waals surface area contributed by atoms with Gasteiger partial charge in [-0.3, -0.25) is 0 Å². The van der Waals surface area contributed by atoms with Gasteiger partial charge in [-0.15, -0.1) is 11.8 Å². The Balaban J connectivity index is 2.86. The van der Waals surface area contributed by atoms with Gasteiger partial charge in [-0.2, -0.15) is 0 Å².